The Bertz CT molecular complexity index is 612. The minimum Gasteiger partial charge on any atom is -0.355 e. The topological polar surface area (TPSA) is 84.9 Å². The Hall–Kier alpha value is -2.15. The van der Waals surface area contributed by atoms with E-state index in [0.29, 0.717) is 5.82 Å². The van der Waals surface area contributed by atoms with Crippen molar-refractivity contribution >= 4 is 11.6 Å². The van der Waals surface area contributed by atoms with Crippen LogP contribution in [0.3, 0.4) is 0 Å². The molecule has 0 unspecified atom stereocenters. The summed E-state index contributed by atoms with van der Waals surface area (Å²) in [6.07, 6.45) is 3.84. The van der Waals surface area contributed by atoms with Crippen LogP contribution in [0.5, 0.6) is 0 Å². The number of nitrogens with two attached hydrogens (primary N) is 1. The molecular formula is C14H23N7. The van der Waals surface area contributed by atoms with Crippen molar-refractivity contribution in [2.75, 3.05) is 17.4 Å². The van der Waals surface area contributed by atoms with Gasteiger partial charge in [-0.25, -0.2) is 15.8 Å². The molecule has 3 N–H and O–H groups in total. The molecule has 0 radical (unpaired) electrons. The van der Waals surface area contributed by atoms with Crippen molar-refractivity contribution in [2.45, 2.75) is 32.7 Å². The van der Waals surface area contributed by atoms with E-state index in [0.717, 1.165) is 23.8 Å². The number of nitrogens with zero attached hydrogens (tertiary/aromatic N) is 5. The van der Waals surface area contributed by atoms with Gasteiger partial charge in [0.2, 0.25) is 0 Å². The minimum absolute atomic E-state index is 0.142. The summed E-state index contributed by atoms with van der Waals surface area (Å²) >= 11 is 0. The molecule has 2 aromatic heterocycles. The molecule has 0 aliphatic rings. The van der Waals surface area contributed by atoms with Gasteiger partial charge in [-0.3, -0.25) is 4.68 Å². The molecule has 0 aromatic carbocycles. The zero-order valence-corrected chi connectivity index (χ0v) is 13.3. The maximum Gasteiger partial charge on any atom is 0.145 e. The van der Waals surface area contributed by atoms with Crippen molar-refractivity contribution in [3.8, 4) is 0 Å². The number of nitrogen functional groups attached to an aromatic ring is 1. The van der Waals surface area contributed by atoms with Crippen LogP contribution in [0, 0.1) is 0 Å². The predicted octanol–water partition coefficient (Wildman–Crippen LogP) is 1.43. The summed E-state index contributed by atoms with van der Waals surface area (Å²) in [7, 11) is 3.89. The van der Waals surface area contributed by atoms with Gasteiger partial charge in [0.1, 0.15) is 17.5 Å². The van der Waals surface area contributed by atoms with E-state index in [2.05, 4.69) is 46.2 Å². The van der Waals surface area contributed by atoms with E-state index < -0.39 is 0 Å². The van der Waals surface area contributed by atoms with E-state index in [-0.39, 0.29) is 5.41 Å². The second-order valence-electron chi connectivity index (χ2n) is 6.21. The van der Waals surface area contributed by atoms with Gasteiger partial charge in [-0.2, -0.15) is 5.10 Å². The monoisotopic (exact) mass is 289 g/mol. The lowest BCUT2D eigenvalue weighted by Gasteiger charge is -2.22. The Balaban J connectivity index is 2.29. The molecule has 2 aromatic rings. The molecule has 7 heteroatoms. The average molecular weight is 289 g/mol. The molecule has 0 spiro atoms. The summed E-state index contributed by atoms with van der Waals surface area (Å²) in [6.45, 7) is 6.95. The molecule has 0 fully saturated rings. The van der Waals surface area contributed by atoms with Gasteiger partial charge in [0, 0.05) is 43.9 Å². The highest BCUT2D eigenvalue weighted by Gasteiger charge is 2.20. The molecule has 2 rings (SSSR count). The van der Waals surface area contributed by atoms with E-state index in [1.165, 1.54) is 0 Å². The van der Waals surface area contributed by atoms with Crippen LogP contribution in [0.4, 0.5) is 11.6 Å². The quantitative estimate of drug-likeness (QED) is 0.654. The normalized spacial score (nSPS) is 11.5. The molecular weight excluding hydrogens is 266 g/mol. The maximum absolute atomic E-state index is 5.51. The van der Waals surface area contributed by atoms with Crippen molar-refractivity contribution in [3.05, 3.63) is 29.8 Å². The van der Waals surface area contributed by atoms with Crippen LogP contribution >= 0.6 is 0 Å². The first-order chi connectivity index (χ1) is 9.79. The van der Waals surface area contributed by atoms with Crippen LogP contribution in [0.1, 0.15) is 32.2 Å². The van der Waals surface area contributed by atoms with Gasteiger partial charge in [-0.05, 0) is 0 Å². The first-order valence-corrected chi connectivity index (χ1v) is 6.84. The first kappa shape index (κ1) is 15.2. The highest BCUT2D eigenvalue weighted by molar-refractivity contribution is 5.49. The van der Waals surface area contributed by atoms with Crippen molar-refractivity contribution in [1.82, 2.24) is 19.7 Å². The van der Waals surface area contributed by atoms with Gasteiger partial charge in [-0.15, -0.1) is 0 Å². The molecule has 7 nitrogen and oxygen atoms in total. The number of hydrazine groups is 1. The largest absolute Gasteiger partial charge is 0.355 e. The second-order valence-corrected chi connectivity index (χ2v) is 6.21. The van der Waals surface area contributed by atoms with Crippen LogP contribution in [0.25, 0.3) is 0 Å². The van der Waals surface area contributed by atoms with Crippen LogP contribution in [0.2, 0.25) is 0 Å². The third kappa shape index (κ3) is 3.69. The summed E-state index contributed by atoms with van der Waals surface area (Å²) < 4.78 is 1.79. The summed E-state index contributed by atoms with van der Waals surface area (Å²) in [5.74, 6) is 7.71. The lowest BCUT2D eigenvalue weighted by Crippen LogP contribution is -2.23. The Labute approximate surface area is 125 Å². The fraction of sp³-hybridized carbons (Fsp3) is 0.500. The number of nitrogens with one attached hydrogen (secondary N) is 1. The zero-order valence-electron chi connectivity index (χ0n) is 13.3. The highest BCUT2D eigenvalue weighted by atomic mass is 15.3. The molecule has 0 atom stereocenters. The van der Waals surface area contributed by atoms with Gasteiger partial charge in [0.15, 0.2) is 0 Å². The van der Waals surface area contributed by atoms with Gasteiger partial charge < -0.3 is 10.3 Å². The van der Waals surface area contributed by atoms with Crippen molar-refractivity contribution < 1.29 is 0 Å². The number of hydrogen-bond acceptors (Lipinski definition) is 6. The van der Waals surface area contributed by atoms with Crippen molar-refractivity contribution in [1.29, 1.82) is 0 Å². The second kappa shape index (κ2) is 5.69. The fourth-order valence-corrected chi connectivity index (χ4v) is 1.95. The number of aromatic nitrogens is 4. The van der Waals surface area contributed by atoms with Gasteiger partial charge in [0.05, 0.1) is 6.20 Å². The number of aryl methyl sites for hydroxylation is 1. The van der Waals surface area contributed by atoms with Gasteiger partial charge in [-0.1, -0.05) is 20.8 Å². The van der Waals surface area contributed by atoms with Crippen molar-refractivity contribution in [2.24, 2.45) is 12.9 Å². The van der Waals surface area contributed by atoms with E-state index in [9.17, 15) is 0 Å². The molecule has 0 saturated heterocycles. The summed E-state index contributed by atoms with van der Waals surface area (Å²) in [4.78, 5) is 11.1. The van der Waals surface area contributed by atoms with Crippen LogP contribution in [-0.2, 0) is 19.0 Å². The first-order valence-electron chi connectivity index (χ1n) is 6.84. The van der Waals surface area contributed by atoms with E-state index in [1.54, 1.807) is 4.68 Å². The van der Waals surface area contributed by atoms with Gasteiger partial charge >= 0.3 is 0 Å². The maximum atomic E-state index is 5.51. The predicted molar refractivity (Wildman–Crippen MR) is 83.9 cm³/mol. The van der Waals surface area contributed by atoms with E-state index in [1.807, 2.05) is 32.6 Å². The van der Waals surface area contributed by atoms with Crippen LogP contribution < -0.4 is 16.2 Å². The molecule has 0 bridgehead atoms. The Morgan fingerprint density at radius 3 is 2.57 bits per heavy atom. The molecule has 2 heterocycles. The standard InChI is InChI=1S/C14H23N7/c1-14(2,3)13-17-11(19-15)6-12(18-13)20(4)8-10-7-16-21(5)9-10/h6-7,9H,8,15H2,1-5H3,(H,17,18,19). The molecule has 0 saturated carbocycles. The SMILES string of the molecule is CN(Cc1cnn(C)c1)c1cc(NN)nc(C(C)(C)C)n1. The molecule has 114 valence electrons. The third-order valence-corrected chi connectivity index (χ3v) is 3.10. The zero-order chi connectivity index (χ0) is 15.6. The van der Waals surface area contributed by atoms with Gasteiger partial charge in [0.25, 0.3) is 0 Å². The smallest absolute Gasteiger partial charge is 0.145 e. The lowest BCUT2D eigenvalue weighted by molar-refractivity contribution is 0.545. The van der Waals surface area contributed by atoms with Crippen LogP contribution in [-0.4, -0.2) is 26.8 Å². The number of hydrogen-bond donors (Lipinski definition) is 2. The third-order valence-electron chi connectivity index (χ3n) is 3.10. The molecule has 0 aliphatic heterocycles. The Kier molecular flexibility index (Phi) is 4.13. The summed E-state index contributed by atoms with van der Waals surface area (Å²) in [5, 5.41) is 4.18. The minimum atomic E-state index is -0.142. The fourth-order valence-electron chi connectivity index (χ4n) is 1.95. The number of anilines is 2. The Morgan fingerprint density at radius 1 is 1.33 bits per heavy atom. The lowest BCUT2D eigenvalue weighted by atomic mass is 9.96. The number of rotatable bonds is 4. The van der Waals surface area contributed by atoms with E-state index in [4.69, 9.17) is 5.84 Å². The highest BCUT2D eigenvalue weighted by Crippen LogP contribution is 2.24. The van der Waals surface area contributed by atoms with E-state index >= 15 is 0 Å². The van der Waals surface area contributed by atoms with Crippen molar-refractivity contribution in [3.63, 3.8) is 0 Å². The average Bonchev–Trinajstić information content (AvgIpc) is 2.82. The summed E-state index contributed by atoms with van der Waals surface area (Å²) in [6, 6.07) is 1.84. The molecule has 0 aliphatic carbocycles. The molecule has 0 amide bonds. The van der Waals surface area contributed by atoms with Crippen LogP contribution in [0.15, 0.2) is 18.5 Å². The summed E-state index contributed by atoms with van der Waals surface area (Å²) in [5.41, 5.74) is 3.59. The molecule has 21 heavy (non-hydrogen) atoms. The Morgan fingerprint density at radius 2 is 2.05 bits per heavy atom.